The molecule has 0 saturated heterocycles. The van der Waals surface area contributed by atoms with Gasteiger partial charge in [-0.05, 0) is 109 Å². The molecule has 0 heterocycles. The van der Waals surface area contributed by atoms with E-state index in [2.05, 4.69) is 32.2 Å². The second kappa shape index (κ2) is 16.8. The SMILES string of the molecule is CCN(c1ccccc1)S(=O)(=O)c1cccc(NC(=O)N(Cc2ccc(C(=O)NCC(F)(F)C(=O)O)cc2)c2ccc(C3=CCC(C(C)(C)C)CC3)cc2)c1. The highest BCUT2D eigenvalue weighted by Gasteiger charge is 2.39. The molecule has 0 aromatic heterocycles. The number of carbonyl (C=O) groups is 3. The Morgan fingerprint density at radius 1 is 0.873 bits per heavy atom. The van der Waals surface area contributed by atoms with E-state index in [0.29, 0.717) is 22.9 Å². The number of nitrogens with zero attached hydrogens (tertiary/aromatic N) is 2. The van der Waals surface area contributed by atoms with Crippen LogP contribution in [0.1, 0.15) is 68.4 Å². The van der Waals surface area contributed by atoms with Gasteiger partial charge >= 0.3 is 17.9 Å². The van der Waals surface area contributed by atoms with Gasteiger partial charge in [-0.3, -0.25) is 14.0 Å². The van der Waals surface area contributed by atoms with Gasteiger partial charge in [0.05, 0.1) is 23.7 Å². The Kier molecular flexibility index (Phi) is 12.4. The van der Waals surface area contributed by atoms with Crippen LogP contribution in [0.3, 0.4) is 0 Å². The molecule has 5 rings (SSSR count). The largest absolute Gasteiger partial charge is 0.477 e. The molecule has 0 aliphatic heterocycles. The van der Waals surface area contributed by atoms with Crippen molar-refractivity contribution in [2.24, 2.45) is 11.3 Å². The first-order chi connectivity index (χ1) is 26.0. The highest BCUT2D eigenvalue weighted by molar-refractivity contribution is 7.92. The van der Waals surface area contributed by atoms with Gasteiger partial charge in [0, 0.05) is 23.5 Å². The van der Waals surface area contributed by atoms with E-state index >= 15 is 0 Å². The van der Waals surface area contributed by atoms with Crippen LogP contribution in [0.25, 0.3) is 5.57 Å². The number of para-hydroxylation sites is 1. The number of aliphatic carboxylic acids is 1. The minimum Gasteiger partial charge on any atom is -0.477 e. The maximum atomic E-state index is 14.1. The number of anilines is 3. The molecule has 4 aromatic carbocycles. The predicted molar refractivity (Wildman–Crippen MR) is 211 cm³/mol. The number of allylic oxidation sites excluding steroid dienone is 2. The zero-order chi connectivity index (χ0) is 40.0. The average molecular weight is 773 g/mol. The summed E-state index contributed by atoms with van der Waals surface area (Å²) in [6.07, 6.45) is 5.30. The van der Waals surface area contributed by atoms with Crippen molar-refractivity contribution in [3.05, 3.63) is 126 Å². The number of sulfonamides is 1. The summed E-state index contributed by atoms with van der Waals surface area (Å²) < 4.78 is 55.8. The number of halogens is 2. The van der Waals surface area contributed by atoms with Crippen LogP contribution in [0.5, 0.6) is 0 Å². The molecule has 3 N–H and O–H groups in total. The topological polar surface area (TPSA) is 136 Å². The van der Waals surface area contributed by atoms with Crippen molar-refractivity contribution >= 4 is 50.6 Å². The summed E-state index contributed by atoms with van der Waals surface area (Å²) in [4.78, 5) is 38.8. The van der Waals surface area contributed by atoms with Crippen molar-refractivity contribution in [2.75, 3.05) is 27.6 Å². The second-order valence-corrected chi connectivity index (χ2v) is 16.4. The standard InChI is InChI=1S/C42H46F2N4O6S/c1-5-48(36-11-7-6-8-12-36)55(53,54)37-13-9-10-34(26-37)46-40(52)47(27-29-14-16-32(17-15-29)38(49)45-28-42(43,44)39(50)51)35-24-20-31(21-25-35)30-18-22-33(23-19-30)41(2,3)4/h6-18,20-21,24-26,33H,5,19,22-23,27-28H2,1-4H3,(H,45,49)(H,46,52)(H,50,51). The number of urea groups is 1. The van der Waals surface area contributed by atoms with Crippen LogP contribution in [-0.4, -0.2) is 50.4 Å². The number of carboxylic acid groups (broad SMARTS) is 1. The van der Waals surface area contributed by atoms with Gasteiger partial charge in [0.25, 0.3) is 15.9 Å². The number of hydrogen-bond acceptors (Lipinski definition) is 5. The molecule has 55 heavy (non-hydrogen) atoms. The lowest BCUT2D eigenvalue weighted by Gasteiger charge is -2.33. The summed E-state index contributed by atoms with van der Waals surface area (Å²) in [6.45, 7) is 7.37. The third-order valence-corrected chi connectivity index (χ3v) is 11.7. The fourth-order valence-electron chi connectivity index (χ4n) is 6.47. The van der Waals surface area contributed by atoms with Gasteiger partial charge < -0.3 is 15.7 Å². The fourth-order valence-corrected chi connectivity index (χ4v) is 7.99. The first kappa shape index (κ1) is 40.6. The minimum absolute atomic E-state index is 0.00338. The maximum absolute atomic E-state index is 14.1. The normalized spacial score (nSPS) is 14.7. The number of rotatable bonds is 13. The van der Waals surface area contributed by atoms with Crippen LogP contribution in [0.2, 0.25) is 0 Å². The van der Waals surface area contributed by atoms with Crippen molar-refractivity contribution in [1.82, 2.24) is 5.32 Å². The molecular weight excluding hydrogens is 727 g/mol. The van der Waals surface area contributed by atoms with Crippen LogP contribution in [0, 0.1) is 11.3 Å². The Labute approximate surface area is 320 Å². The Morgan fingerprint density at radius 2 is 1.55 bits per heavy atom. The molecule has 0 fully saturated rings. The quantitative estimate of drug-likeness (QED) is 0.124. The van der Waals surface area contributed by atoms with Crippen LogP contribution >= 0.6 is 0 Å². The average Bonchev–Trinajstić information content (AvgIpc) is 3.16. The number of amides is 3. The van der Waals surface area contributed by atoms with E-state index in [-0.39, 0.29) is 34.7 Å². The van der Waals surface area contributed by atoms with E-state index in [1.165, 1.54) is 39.0 Å². The van der Waals surface area contributed by atoms with E-state index < -0.39 is 40.4 Å². The predicted octanol–water partition coefficient (Wildman–Crippen LogP) is 8.82. The van der Waals surface area contributed by atoms with E-state index in [9.17, 15) is 31.6 Å². The molecule has 1 aliphatic rings. The smallest absolute Gasteiger partial charge is 0.376 e. The van der Waals surface area contributed by atoms with Gasteiger partial charge in [-0.15, -0.1) is 0 Å². The lowest BCUT2D eigenvalue weighted by Crippen LogP contribution is -2.42. The summed E-state index contributed by atoms with van der Waals surface area (Å²) in [5, 5.41) is 13.4. The van der Waals surface area contributed by atoms with E-state index in [4.69, 9.17) is 5.11 Å². The zero-order valence-corrected chi connectivity index (χ0v) is 32.1. The second-order valence-electron chi connectivity index (χ2n) is 14.6. The molecule has 13 heteroatoms. The molecule has 1 aliphatic carbocycles. The lowest BCUT2D eigenvalue weighted by atomic mass is 9.72. The van der Waals surface area contributed by atoms with Crippen LogP contribution < -0.4 is 19.8 Å². The minimum atomic E-state index is -4.12. The number of hydrogen-bond donors (Lipinski definition) is 3. The summed E-state index contributed by atoms with van der Waals surface area (Å²) in [5.41, 5.74) is 4.44. The van der Waals surface area contributed by atoms with Crippen molar-refractivity contribution < 1.29 is 36.7 Å². The molecule has 4 aromatic rings. The Bertz CT molecular complexity index is 2140. The molecule has 0 radical (unpaired) electrons. The van der Waals surface area contributed by atoms with Crippen LogP contribution in [-0.2, 0) is 21.4 Å². The van der Waals surface area contributed by atoms with Crippen LogP contribution in [0.15, 0.2) is 114 Å². The Balaban J connectivity index is 1.40. The van der Waals surface area contributed by atoms with Crippen molar-refractivity contribution in [3.8, 4) is 0 Å². The molecule has 0 saturated carbocycles. The number of carbonyl (C=O) groups excluding carboxylic acids is 2. The zero-order valence-electron chi connectivity index (χ0n) is 31.3. The Morgan fingerprint density at radius 3 is 2.13 bits per heavy atom. The third-order valence-electron chi connectivity index (χ3n) is 9.78. The molecule has 1 unspecified atom stereocenters. The summed E-state index contributed by atoms with van der Waals surface area (Å²) in [5.74, 6) is -6.76. The summed E-state index contributed by atoms with van der Waals surface area (Å²) in [6, 6.07) is 27.7. The van der Waals surface area contributed by atoms with Crippen molar-refractivity contribution in [1.29, 1.82) is 0 Å². The molecule has 0 bridgehead atoms. The summed E-state index contributed by atoms with van der Waals surface area (Å²) in [7, 11) is -3.98. The van der Waals surface area contributed by atoms with Gasteiger partial charge in [-0.1, -0.05) is 75.4 Å². The van der Waals surface area contributed by atoms with Crippen molar-refractivity contribution in [3.63, 3.8) is 0 Å². The number of nitrogens with one attached hydrogen (secondary N) is 2. The molecular formula is C42H46F2N4O6S. The maximum Gasteiger partial charge on any atom is 0.376 e. The van der Waals surface area contributed by atoms with Crippen molar-refractivity contribution in [2.45, 2.75) is 64.3 Å². The fraction of sp³-hybridized carbons (Fsp3) is 0.310. The van der Waals surface area contributed by atoms with Gasteiger partial charge in [-0.25, -0.2) is 18.0 Å². The van der Waals surface area contributed by atoms with Crippen LogP contribution in [0.4, 0.5) is 30.6 Å². The number of carboxylic acids is 1. The molecule has 0 spiro atoms. The molecule has 1 atom stereocenters. The van der Waals surface area contributed by atoms with E-state index in [0.717, 1.165) is 24.8 Å². The van der Waals surface area contributed by atoms with Gasteiger partial charge in [-0.2, -0.15) is 8.78 Å². The lowest BCUT2D eigenvalue weighted by molar-refractivity contribution is -0.163. The van der Waals surface area contributed by atoms with Gasteiger partial charge in [0.2, 0.25) is 0 Å². The van der Waals surface area contributed by atoms with Gasteiger partial charge in [0.1, 0.15) is 0 Å². The number of alkyl halides is 2. The molecule has 3 amide bonds. The molecule has 10 nitrogen and oxygen atoms in total. The van der Waals surface area contributed by atoms with E-state index in [1.807, 2.05) is 29.6 Å². The third kappa shape index (κ3) is 9.96. The monoisotopic (exact) mass is 772 g/mol. The highest BCUT2D eigenvalue weighted by Crippen LogP contribution is 2.40. The molecule has 290 valence electrons. The first-order valence-electron chi connectivity index (χ1n) is 18.0. The Hall–Kier alpha value is -5.56. The first-order valence-corrected chi connectivity index (χ1v) is 19.5. The number of benzene rings is 4. The van der Waals surface area contributed by atoms with Gasteiger partial charge in [0.15, 0.2) is 0 Å². The summed E-state index contributed by atoms with van der Waals surface area (Å²) >= 11 is 0. The highest BCUT2D eigenvalue weighted by atomic mass is 32.2. The van der Waals surface area contributed by atoms with E-state index in [1.54, 1.807) is 61.5 Å².